The number of hydrogen-bond donors (Lipinski definition) is 1. The highest BCUT2D eigenvalue weighted by atomic mass is 35.5. The summed E-state index contributed by atoms with van der Waals surface area (Å²) in [6.45, 7) is 2.91. The third-order valence-electron chi connectivity index (χ3n) is 6.31. The van der Waals surface area contributed by atoms with E-state index in [0.29, 0.717) is 16.6 Å². The van der Waals surface area contributed by atoms with Gasteiger partial charge in [0.1, 0.15) is 5.15 Å². The Hall–Kier alpha value is -2.77. The molecule has 0 unspecified atom stereocenters. The van der Waals surface area contributed by atoms with Crippen LogP contribution in [0.1, 0.15) is 40.2 Å². The fraction of sp³-hybridized carbons (Fsp3) is 0.222. The molecule has 1 aliphatic rings. The number of halogens is 2. The molecule has 0 radical (unpaired) electrons. The van der Waals surface area contributed by atoms with E-state index in [1.165, 1.54) is 5.56 Å². The lowest BCUT2D eigenvalue weighted by Gasteiger charge is -2.32. The van der Waals surface area contributed by atoms with E-state index in [0.717, 1.165) is 59.0 Å². The van der Waals surface area contributed by atoms with Gasteiger partial charge in [-0.25, -0.2) is 9.97 Å². The van der Waals surface area contributed by atoms with Gasteiger partial charge in [-0.3, -0.25) is 9.69 Å². The second kappa shape index (κ2) is 10.9. The summed E-state index contributed by atoms with van der Waals surface area (Å²) in [6.07, 6.45) is 7.94. The summed E-state index contributed by atoms with van der Waals surface area (Å²) in [4.78, 5) is 23.9. The maximum absolute atomic E-state index is 12.9. The number of piperidine rings is 1. The van der Waals surface area contributed by atoms with Crippen molar-refractivity contribution in [2.24, 2.45) is 0 Å². The molecule has 1 saturated heterocycles. The van der Waals surface area contributed by atoms with E-state index in [9.17, 15) is 4.79 Å². The summed E-state index contributed by atoms with van der Waals surface area (Å²) in [6, 6.07) is 15.1. The second-order valence-corrected chi connectivity index (χ2v) is 10.3. The van der Waals surface area contributed by atoms with Crippen molar-refractivity contribution in [3.05, 3.63) is 93.2 Å². The number of likely N-dealkylation sites (tertiary alicyclic amines) is 1. The first-order valence-corrected chi connectivity index (χ1v) is 13.1. The molecule has 0 aliphatic carbocycles. The fourth-order valence-corrected chi connectivity index (χ4v) is 5.73. The SMILES string of the molecule is O=C(Nc1ccc2ncsc2c1C1CCN(CC=Cc2ccc(Cl)cc2)CC1)c1ccnc(Cl)c1. The highest BCUT2D eigenvalue weighted by Gasteiger charge is 2.25. The van der Waals surface area contributed by atoms with Gasteiger partial charge in [-0.15, -0.1) is 11.3 Å². The Morgan fingerprint density at radius 2 is 1.89 bits per heavy atom. The fourth-order valence-electron chi connectivity index (χ4n) is 4.52. The van der Waals surface area contributed by atoms with Crippen LogP contribution in [-0.2, 0) is 0 Å². The van der Waals surface area contributed by atoms with Crippen LogP contribution in [0.2, 0.25) is 10.2 Å². The highest BCUT2D eigenvalue weighted by Crippen LogP contribution is 2.40. The van der Waals surface area contributed by atoms with Crippen LogP contribution in [0.5, 0.6) is 0 Å². The number of carbonyl (C=O) groups is 1. The first kappa shape index (κ1) is 23.9. The molecule has 0 spiro atoms. The number of aromatic nitrogens is 2. The van der Waals surface area contributed by atoms with Gasteiger partial charge in [0.25, 0.3) is 5.91 Å². The van der Waals surface area contributed by atoms with Crippen LogP contribution in [0, 0.1) is 0 Å². The van der Waals surface area contributed by atoms with Gasteiger partial charge in [-0.1, -0.05) is 47.5 Å². The van der Waals surface area contributed by atoms with Crippen LogP contribution >= 0.6 is 34.5 Å². The Balaban J connectivity index is 1.29. The molecule has 0 atom stereocenters. The van der Waals surface area contributed by atoms with Crippen LogP contribution in [0.15, 0.2) is 66.3 Å². The number of carbonyl (C=O) groups excluding carboxylic acids is 1. The van der Waals surface area contributed by atoms with E-state index in [4.69, 9.17) is 23.2 Å². The molecule has 1 N–H and O–H groups in total. The molecule has 1 amide bonds. The Morgan fingerprint density at radius 1 is 1.09 bits per heavy atom. The van der Waals surface area contributed by atoms with Crippen molar-refractivity contribution in [2.75, 3.05) is 25.0 Å². The molecule has 0 saturated carbocycles. The Labute approximate surface area is 218 Å². The minimum Gasteiger partial charge on any atom is -0.322 e. The van der Waals surface area contributed by atoms with Crippen molar-refractivity contribution >= 4 is 62.4 Å². The quantitative estimate of drug-likeness (QED) is 0.273. The molecule has 5 nitrogen and oxygen atoms in total. The summed E-state index contributed by atoms with van der Waals surface area (Å²) in [5.41, 5.74) is 6.53. The summed E-state index contributed by atoms with van der Waals surface area (Å²) >= 11 is 13.6. The normalized spacial score (nSPS) is 15.1. The van der Waals surface area contributed by atoms with Crippen molar-refractivity contribution in [3.8, 4) is 0 Å². The maximum Gasteiger partial charge on any atom is 0.255 e. The van der Waals surface area contributed by atoms with Crippen LogP contribution in [0.25, 0.3) is 16.3 Å². The molecule has 2 aromatic heterocycles. The van der Waals surface area contributed by atoms with E-state index in [1.807, 2.05) is 41.9 Å². The lowest BCUT2D eigenvalue weighted by molar-refractivity contribution is 0.102. The standard InChI is InChI=1S/C27H24Cl2N4OS/c28-21-5-3-18(4-6-21)2-1-13-33-14-10-19(11-15-33)25-22(7-8-23-26(25)35-17-31-23)32-27(34)20-9-12-30-24(29)16-20/h1-9,12,16-17,19H,10-11,13-15H2,(H,32,34). The van der Waals surface area contributed by atoms with E-state index < -0.39 is 0 Å². The number of fused-ring (bicyclic) bond motifs is 1. The lowest BCUT2D eigenvalue weighted by atomic mass is 9.88. The van der Waals surface area contributed by atoms with Crippen LogP contribution in [0.4, 0.5) is 5.69 Å². The molecule has 1 aliphatic heterocycles. The number of hydrogen-bond acceptors (Lipinski definition) is 5. The van der Waals surface area contributed by atoms with Gasteiger partial charge in [0.2, 0.25) is 0 Å². The van der Waals surface area contributed by atoms with Crippen molar-refractivity contribution in [3.63, 3.8) is 0 Å². The molecular formula is C27H24Cl2N4OS. The van der Waals surface area contributed by atoms with E-state index in [2.05, 4.69) is 32.3 Å². The number of anilines is 1. The molecule has 35 heavy (non-hydrogen) atoms. The van der Waals surface area contributed by atoms with Gasteiger partial charge in [0, 0.05) is 29.0 Å². The summed E-state index contributed by atoms with van der Waals surface area (Å²) in [7, 11) is 0. The number of nitrogens with one attached hydrogen (secondary N) is 1. The zero-order chi connectivity index (χ0) is 24.2. The summed E-state index contributed by atoms with van der Waals surface area (Å²) in [5, 5.41) is 4.17. The Morgan fingerprint density at radius 3 is 2.66 bits per heavy atom. The van der Waals surface area contributed by atoms with Gasteiger partial charge >= 0.3 is 0 Å². The molecule has 178 valence electrons. The maximum atomic E-state index is 12.9. The van der Waals surface area contributed by atoms with E-state index >= 15 is 0 Å². The predicted octanol–water partition coefficient (Wildman–Crippen LogP) is 7.14. The number of thiazole rings is 1. The predicted molar refractivity (Wildman–Crippen MR) is 146 cm³/mol. The summed E-state index contributed by atoms with van der Waals surface area (Å²) < 4.78 is 1.15. The molecule has 2 aromatic carbocycles. The minimum absolute atomic E-state index is 0.191. The monoisotopic (exact) mass is 522 g/mol. The summed E-state index contributed by atoms with van der Waals surface area (Å²) in [5.74, 6) is 0.163. The average molecular weight is 523 g/mol. The average Bonchev–Trinajstić information content (AvgIpc) is 3.35. The molecule has 4 aromatic rings. The largest absolute Gasteiger partial charge is 0.322 e. The number of amides is 1. The number of benzene rings is 2. The van der Waals surface area contributed by atoms with Crippen LogP contribution in [0.3, 0.4) is 0 Å². The molecule has 0 bridgehead atoms. The molecule has 8 heteroatoms. The first-order valence-electron chi connectivity index (χ1n) is 11.5. The van der Waals surface area contributed by atoms with Crippen molar-refractivity contribution in [1.29, 1.82) is 0 Å². The third kappa shape index (κ3) is 5.73. The molecular weight excluding hydrogens is 499 g/mol. The Bertz CT molecular complexity index is 1360. The smallest absolute Gasteiger partial charge is 0.255 e. The number of rotatable bonds is 6. The van der Waals surface area contributed by atoms with E-state index in [1.54, 1.807) is 29.7 Å². The highest BCUT2D eigenvalue weighted by molar-refractivity contribution is 7.17. The zero-order valence-electron chi connectivity index (χ0n) is 19.0. The van der Waals surface area contributed by atoms with Crippen LogP contribution in [-0.4, -0.2) is 40.4 Å². The van der Waals surface area contributed by atoms with Crippen molar-refractivity contribution in [1.82, 2.24) is 14.9 Å². The van der Waals surface area contributed by atoms with E-state index in [-0.39, 0.29) is 5.91 Å². The first-order chi connectivity index (χ1) is 17.1. The second-order valence-electron chi connectivity index (χ2n) is 8.58. The third-order valence-corrected chi connectivity index (χ3v) is 7.65. The van der Waals surface area contributed by atoms with Crippen molar-refractivity contribution in [2.45, 2.75) is 18.8 Å². The molecule has 1 fully saturated rings. The van der Waals surface area contributed by atoms with Gasteiger partial charge in [0.05, 0.1) is 15.7 Å². The van der Waals surface area contributed by atoms with Crippen molar-refractivity contribution < 1.29 is 4.79 Å². The zero-order valence-corrected chi connectivity index (χ0v) is 21.3. The number of nitrogens with zero attached hydrogens (tertiary/aromatic N) is 3. The topological polar surface area (TPSA) is 58.1 Å². The van der Waals surface area contributed by atoms with Crippen LogP contribution < -0.4 is 5.32 Å². The minimum atomic E-state index is -0.191. The Kier molecular flexibility index (Phi) is 7.44. The van der Waals surface area contributed by atoms with Gasteiger partial charge < -0.3 is 5.32 Å². The van der Waals surface area contributed by atoms with Gasteiger partial charge in [-0.2, -0.15) is 0 Å². The van der Waals surface area contributed by atoms with Gasteiger partial charge in [0.15, 0.2) is 0 Å². The number of pyridine rings is 1. The molecule has 3 heterocycles. The lowest BCUT2D eigenvalue weighted by Crippen LogP contribution is -2.33. The molecule has 5 rings (SSSR count). The van der Waals surface area contributed by atoms with Gasteiger partial charge in [-0.05, 0) is 79.4 Å².